The SMILES string of the molecule is O=C1CCC(NC(=O)c2ccc(OC(F)F)c(Cl)c2)CCN1. The second-order valence-corrected chi connectivity index (χ2v) is 5.28. The Morgan fingerprint density at radius 3 is 2.86 bits per heavy atom. The van der Waals surface area contributed by atoms with E-state index in [1.807, 2.05) is 0 Å². The number of benzene rings is 1. The summed E-state index contributed by atoms with van der Waals surface area (Å²) in [6.07, 6.45) is 1.54. The Balaban J connectivity index is 2.00. The van der Waals surface area contributed by atoms with Gasteiger partial charge in [0.05, 0.1) is 5.02 Å². The second-order valence-electron chi connectivity index (χ2n) is 4.87. The van der Waals surface area contributed by atoms with Crippen LogP contribution in [0.1, 0.15) is 29.6 Å². The molecule has 1 fully saturated rings. The number of carbonyl (C=O) groups is 2. The first-order chi connectivity index (χ1) is 10.5. The molecule has 1 heterocycles. The summed E-state index contributed by atoms with van der Waals surface area (Å²) < 4.78 is 28.5. The van der Waals surface area contributed by atoms with Gasteiger partial charge in [0.25, 0.3) is 5.91 Å². The van der Waals surface area contributed by atoms with Crippen LogP contribution in [0.25, 0.3) is 0 Å². The number of halogens is 3. The summed E-state index contributed by atoms with van der Waals surface area (Å²) >= 11 is 5.81. The summed E-state index contributed by atoms with van der Waals surface area (Å²) in [5.74, 6) is -0.587. The zero-order valence-electron chi connectivity index (χ0n) is 11.6. The second kappa shape index (κ2) is 7.40. The molecule has 2 N–H and O–H groups in total. The number of amides is 2. The lowest BCUT2D eigenvalue weighted by Crippen LogP contribution is -2.35. The fourth-order valence-electron chi connectivity index (χ4n) is 2.17. The summed E-state index contributed by atoms with van der Waals surface area (Å²) in [6.45, 7) is -2.47. The Morgan fingerprint density at radius 1 is 1.41 bits per heavy atom. The molecule has 1 aromatic rings. The molecule has 2 amide bonds. The molecular formula is C14H15ClF2N2O3. The van der Waals surface area contributed by atoms with E-state index in [0.717, 1.165) is 0 Å². The fourth-order valence-corrected chi connectivity index (χ4v) is 2.40. The predicted molar refractivity (Wildman–Crippen MR) is 76.2 cm³/mol. The van der Waals surface area contributed by atoms with Gasteiger partial charge in [-0.1, -0.05) is 11.6 Å². The maximum Gasteiger partial charge on any atom is 0.387 e. The molecule has 1 atom stereocenters. The molecule has 0 radical (unpaired) electrons. The average molecular weight is 333 g/mol. The van der Waals surface area contributed by atoms with Crippen molar-refractivity contribution in [3.63, 3.8) is 0 Å². The van der Waals surface area contributed by atoms with Gasteiger partial charge in [-0.3, -0.25) is 9.59 Å². The lowest BCUT2D eigenvalue weighted by molar-refractivity contribution is -0.120. The quantitative estimate of drug-likeness (QED) is 0.889. The number of carbonyl (C=O) groups excluding carboxylic acids is 2. The first-order valence-corrected chi connectivity index (χ1v) is 7.15. The van der Waals surface area contributed by atoms with E-state index in [2.05, 4.69) is 15.4 Å². The third-order valence-corrected chi connectivity index (χ3v) is 3.58. The molecule has 8 heteroatoms. The number of hydrogen-bond acceptors (Lipinski definition) is 3. The van der Waals surface area contributed by atoms with Gasteiger partial charge in [-0.15, -0.1) is 0 Å². The van der Waals surface area contributed by atoms with Crippen LogP contribution >= 0.6 is 11.6 Å². The molecule has 0 aromatic heterocycles. The Bertz CT molecular complexity index is 569. The molecule has 0 aliphatic carbocycles. The molecule has 22 heavy (non-hydrogen) atoms. The molecule has 1 aliphatic rings. The van der Waals surface area contributed by atoms with Crippen LogP contribution in [-0.4, -0.2) is 31.0 Å². The van der Waals surface area contributed by atoms with Gasteiger partial charge in [0, 0.05) is 24.6 Å². The first-order valence-electron chi connectivity index (χ1n) is 6.77. The van der Waals surface area contributed by atoms with Gasteiger partial charge >= 0.3 is 6.61 Å². The van der Waals surface area contributed by atoms with E-state index in [1.165, 1.54) is 18.2 Å². The van der Waals surface area contributed by atoms with Gasteiger partial charge < -0.3 is 15.4 Å². The smallest absolute Gasteiger partial charge is 0.387 e. The summed E-state index contributed by atoms with van der Waals surface area (Å²) in [4.78, 5) is 23.4. The van der Waals surface area contributed by atoms with Crippen LogP contribution < -0.4 is 15.4 Å². The van der Waals surface area contributed by atoms with Crippen molar-refractivity contribution in [1.82, 2.24) is 10.6 Å². The summed E-state index contributed by atoms with van der Waals surface area (Å²) in [7, 11) is 0. The Labute approximate surface area is 131 Å². The molecule has 1 saturated heterocycles. The van der Waals surface area contributed by atoms with E-state index < -0.39 is 6.61 Å². The Morgan fingerprint density at radius 2 is 2.18 bits per heavy atom. The molecule has 2 rings (SSSR count). The number of hydrogen-bond donors (Lipinski definition) is 2. The maximum atomic E-state index is 12.1. The molecule has 120 valence electrons. The molecule has 1 aromatic carbocycles. The van der Waals surface area contributed by atoms with Crippen LogP contribution in [0, 0.1) is 0 Å². The zero-order valence-corrected chi connectivity index (χ0v) is 12.3. The average Bonchev–Trinajstić information content (AvgIpc) is 2.65. The highest BCUT2D eigenvalue weighted by Crippen LogP contribution is 2.27. The van der Waals surface area contributed by atoms with Gasteiger partial charge in [-0.05, 0) is 31.0 Å². The van der Waals surface area contributed by atoms with Gasteiger partial charge in [0.2, 0.25) is 5.91 Å². The number of nitrogens with one attached hydrogen (secondary N) is 2. The van der Waals surface area contributed by atoms with E-state index in [9.17, 15) is 18.4 Å². The van der Waals surface area contributed by atoms with E-state index in [1.54, 1.807) is 0 Å². The lowest BCUT2D eigenvalue weighted by Gasteiger charge is -2.16. The van der Waals surface area contributed by atoms with Crippen LogP contribution in [-0.2, 0) is 4.79 Å². The number of rotatable bonds is 4. The zero-order chi connectivity index (χ0) is 16.1. The van der Waals surface area contributed by atoms with Crippen LogP contribution in [0.15, 0.2) is 18.2 Å². The standard InChI is InChI=1S/C14H15ClF2N2O3/c15-10-7-8(1-3-11(10)22-14(16)17)13(21)19-9-2-4-12(20)18-6-5-9/h1,3,7,9,14H,2,4-6H2,(H,18,20)(H,19,21). The van der Waals surface area contributed by atoms with Gasteiger partial charge in [-0.25, -0.2) is 0 Å². The van der Waals surface area contributed by atoms with Crippen LogP contribution in [0.2, 0.25) is 5.02 Å². The Kier molecular flexibility index (Phi) is 5.54. The normalized spacial score (nSPS) is 18.5. The largest absolute Gasteiger partial charge is 0.433 e. The third-order valence-electron chi connectivity index (χ3n) is 3.28. The highest BCUT2D eigenvalue weighted by molar-refractivity contribution is 6.32. The van der Waals surface area contributed by atoms with Crippen LogP contribution in [0.3, 0.4) is 0 Å². The molecule has 0 saturated carbocycles. The molecule has 0 bridgehead atoms. The van der Waals surface area contributed by atoms with E-state index in [4.69, 9.17) is 11.6 Å². The van der Waals surface area contributed by atoms with E-state index in [-0.39, 0.29) is 34.2 Å². The van der Waals surface area contributed by atoms with Crippen molar-refractivity contribution >= 4 is 23.4 Å². The van der Waals surface area contributed by atoms with Gasteiger partial charge in [-0.2, -0.15) is 8.78 Å². The predicted octanol–water partition coefficient (Wildman–Crippen LogP) is 2.34. The number of ether oxygens (including phenoxy) is 1. The van der Waals surface area contributed by atoms with Crippen molar-refractivity contribution in [2.45, 2.75) is 31.9 Å². The lowest BCUT2D eigenvalue weighted by atomic mass is 10.1. The van der Waals surface area contributed by atoms with Crippen LogP contribution in [0.5, 0.6) is 5.75 Å². The minimum atomic E-state index is -2.98. The monoisotopic (exact) mass is 332 g/mol. The van der Waals surface area contributed by atoms with Crippen molar-refractivity contribution in [3.8, 4) is 5.75 Å². The topological polar surface area (TPSA) is 67.4 Å². The molecule has 5 nitrogen and oxygen atoms in total. The van der Waals surface area contributed by atoms with Gasteiger partial charge in [0.15, 0.2) is 0 Å². The van der Waals surface area contributed by atoms with Crippen molar-refractivity contribution in [2.75, 3.05) is 6.54 Å². The Hall–Kier alpha value is -1.89. The van der Waals surface area contributed by atoms with Crippen molar-refractivity contribution in [3.05, 3.63) is 28.8 Å². The summed E-state index contributed by atoms with van der Waals surface area (Å²) in [5, 5.41) is 5.46. The molecule has 0 spiro atoms. The van der Waals surface area contributed by atoms with Crippen molar-refractivity contribution in [2.24, 2.45) is 0 Å². The van der Waals surface area contributed by atoms with E-state index >= 15 is 0 Å². The highest BCUT2D eigenvalue weighted by Gasteiger charge is 2.19. The minimum Gasteiger partial charge on any atom is -0.433 e. The van der Waals surface area contributed by atoms with Crippen molar-refractivity contribution in [1.29, 1.82) is 0 Å². The fraction of sp³-hybridized carbons (Fsp3) is 0.429. The molecule has 1 aliphatic heterocycles. The van der Waals surface area contributed by atoms with Crippen LogP contribution in [0.4, 0.5) is 8.78 Å². The third kappa shape index (κ3) is 4.56. The summed E-state index contributed by atoms with van der Waals surface area (Å²) in [6, 6.07) is 3.73. The molecular weight excluding hydrogens is 318 g/mol. The first kappa shape index (κ1) is 16.5. The number of alkyl halides is 2. The maximum absolute atomic E-state index is 12.1. The van der Waals surface area contributed by atoms with Gasteiger partial charge in [0.1, 0.15) is 5.75 Å². The van der Waals surface area contributed by atoms with E-state index in [0.29, 0.717) is 25.8 Å². The minimum absolute atomic E-state index is 0.0340. The van der Waals surface area contributed by atoms with Crippen molar-refractivity contribution < 1.29 is 23.1 Å². The summed E-state index contributed by atoms with van der Waals surface area (Å²) in [5.41, 5.74) is 0.246. The highest BCUT2D eigenvalue weighted by atomic mass is 35.5. The molecule has 1 unspecified atom stereocenters.